The van der Waals surface area contributed by atoms with E-state index in [0.29, 0.717) is 11.7 Å². The Morgan fingerprint density at radius 1 is 1.35 bits per heavy atom. The first-order valence-electron chi connectivity index (χ1n) is 6.45. The molecular formula is C13H22N4. The van der Waals surface area contributed by atoms with Gasteiger partial charge in [-0.1, -0.05) is 20.3 Å². The van der Waals surface area contributed by atoms with E-state index in [-0.39, 0.29) is 0 Å². The Balaban J connectivity index is 2.12. The van der Waals surface area contributed by atoms with E-state index in [0.717, 1.165) is 29.7 Å². The largest absolute Gasteiger partial charge is 0.383 e. The second-order valence-corrected chi connectivity index (χ2v) is 5.27. The Morgan fingerprint density at radius 3 is 2.59 bits per heavy atom. The minimum Gasteiger partial charge on any atom is -0.383 e. The van der Waals surface area contributed by atoms with Crippen molar-refractivity contribution in [1.82, 2.24) is 9.97 Å². The summed E-state index contributed by atoms with van der Waals surface area (Å²) >= 11 is 0. The molecule has 0 unspecified atom stereocenters. The van der Waals surface area contributed by atoms with Crippen molar-refractivity contribution < 1.29 is 0 Å². The predicted molar refractivity (Wildman–Crippen MR) is 71.1 cm³/mol. The summed E-state index contributed by atoms with van der Waals surface area (Å²) in [7, 11) is 0. The number of nitrogens with two attached hydrogens (primary N) is 1. The van der Waals surface area contributed by atoms with E-state index < -0.39 is 0 Å². The molecule has 17 heavy (non-hydrogen) atoms. The van der Waals surface area contributed by atoms with Crippen LogP contribution < -0.4 is 11.1 Å². The molecule has 4 nitrogen and oxygen atoms in total. The quantitative estimate of drug-likeness (QED) is 0.840. The van der Waals surface area contributed by atoms with Gasteiger partial charge >= 0.3 is 0 Å². The highest BCUT2D eigenvalue weighted by atomic mass is 15.1. The first-order chi connectivity index (χ1) is 8.08. The number of nitrogen functional groups attached to an aromatic ring is 1. The van der Waals surface area contributed by atoms with Gasteiger partial charge in [-0.15, -0.1) is 0 Å². The zero-order valence-electron chi connectivity index (χ0n) is 11.0. The van der Waals surface area contributed by atoms with Gasteiger partial charge in [0.1, 0.15) is 17.5 Å². The van der Waals surface area contributed by atoms with Crippen LogP contribution in [0.25, 0.3) is 0 Å². The number of nitrogens with zero attached hydrogens (tertiary/aromatic N) is 2. The van der Waals surface area contributed by atoms with Gasteiger partial charge in [0.2, 0.25) is 0 Å². The summed E-state index contributed by atoms with van der Waals surface area (Å²) in [5.74, 6) is 3.45. The third-order valence-electron chi connectivity index (χ3n) is 3.50. The van der Waals surface area contributed by atoms with Crippen molar-refractivity contribution in [3.63, 3.8) is 0 Å². The van der Waals surface area contributed by atoms with Crippen molar-refractivity contribution in [3.05, 3.63) is 11.4 Å². The molecule has 4 heteroatoms. The maximum atomic E-state index is 5.92. The second-order valence-electron chi connectivity index (χ2n) is 5.27. The molecule has 1 fully saturated rings. The SMILES string of the molecule is Cc1c(N)nc(C(C)C)nc1NCC1CCC1. The van der Waals surface area contributed by atoms with Crippen molar-refractivity contribution in [2.24, 2.45) is 5.92 Å². The maximum absolute atomic E-state index is 5.92. The van der Waals surface area contributed by atoms with Crippen LogP contribution in [-0.2, 0) is 0 Å². The van der Waals surface area contributed by atoms with Crippen molar-refractivity contribution in [1.29, 1.82) is 0 Å². The number of aromatic nitrogens is 2. The minimum atomic E-state index is 0.308. The van der Waals surface area contributed by atoms with Gasteiger partial charge < -0.3 is 11.1 Å². The van der Waals surface area contributed by atoms with Crippen LogP contribution in [0.1, 0.15) is 50.4 Å². The summed E-state index contributed by atoms with van der Waals surface area (Å²) in [6.45, 7) is 7.15. The fourth-order valence-electron chi connectivity index (χ4n) is 1.92. The maximum Gasteiger partial charge on any atom is 0.135 e. The predicted octanol–water partition coefficient (Wildman–Crippen LogP) is 2.70. The third kappa shape index (κ3) is 2.68. The smallest absolute Gasteiger partial charge is 0.135 e. The molecule has 0 radical (unpaired) electrons. The van der Waals surface area contributed by atoms with Gasteiger partial charge in [-0.2, -0.15) is 0 Å². The Labute approximate surface area is 103 Å². The van der Waals surface area contributed by atoms with Gasteiger partial charge in [-0.3, -0.25) is 0 Å². The van der Waals surface area contributed by atoms with Crippen LogP contribution in [0.4, 0.5) is 11.6 Å². The Morgan fingerprint density at radius 2 is 2.06 bits per heavy atom. The fraction of sp³-hybridized carbons (Fsp3) is 0.692. The molecule has 0 amide bonds. The third-order valence-corrected chi connectivity index (χ3v) is 3.50. The van der Waals surface area contributed by atoms with Crippen LogP contribution >= 0.6 is 0 Å². The molecule has 3 N–H and O–H groups in total. The molecule has 1 aromatic rings. The molecule has 0 aliphatic heterocycles. The summed E-state index contributed by atoms with van der Waals surface area (Å²) in [6, 6.07) is 0. The minimum absolute atomic E-state index is 0.308. The van der Waals surface area contributed by atoms with Crippen molar-refractivity contribution in [2.75, 3.05) is 17.6 Å². The number of hydrogen-bond acceptors (Lipinski definition) is 4. The van der Waals surface area contributed by atoms with E-state index in [9.17, 15) is 0 Å². The lowest BCUT2D eigenvalue weighted by Crippen LogP contribution is -2.22. The Kier molecular flexibility index (Phi) is 3.50. The van der Waals surface area contributed by atoms with Crippen LogP contribution in [0.3, 0.4) is 0 Å². The molecule has 2 rings (SSSR count). The van der Waals surface area contributed by atoms with E-state index >= 15 is 0 Å². The molecule has 0 bridgehead atoms. The first kappa shape index (κ1) is 12.1. The van der Waals surface area contributed by atoms with Crippen LogP contribution in [0.15, 0.2) is 0 Å². The molecule has 94 valence electrons. The standard InChI is InChI=1S/C13H22N4/c1-8(2)12-16-11(14)9(3)13(17-12)15-7-10-5-4-6-10/h8,10H,4-7H2,1-3H3,(H3,14,15,16,17). The summed E-state index contributed by atoms with van der Waals surface area (Å²) < 4.78 is 0. The fourth-order valence-corrected chi connectivity index (χ4v) is 1.92. The molecule has 1 saturated carbocycles. The van der Waals surface area contributed by atoms with E-state index in [4.69, 9.17) is 5.73 Å². The van der Waals surface area contributed by atoms with Gasteiger partial charge in [0.25, 0.3) is 0 Å². The van der Waals surface area contributed by atoms with E-state index in [2.05, 4.69) is 29.1 Å². The molecule has 1 aromatic heterocycles. The van der Waals surface area contributed by atoms with Gasteiger partial charge in [0.05, 0.1) is 0 Å². The molecule has 1 heterocycles. The zero-order valence-corrected chi connectivity index (χ0v) is 11.0. The second kappa shape index (κ2) is 4.90. The van der Waals surface area contributed by atoms with Gasteiger partial charge in [0, 0.05) is 18.0 Å². The summed E-state index contributed by atoms with van der Waals surface area (Å²) in [5.41, 5.74) is 6.89. The summed E-state index contributed by atoms with van der Waals surface area (Å²) in [4.78, 5) is 8.88. The van der Waals surface area contributed by atoms with Crippen LogP contribution in [0.2, 0.25) is 0 Å². The highest BCUT2D eigenvalue weighted by Gasteiger charge is 2.18. The lowest BCUT2D eigenvalue weighted by Gasteiger charge is -2.26. The lowest BCUT2D eigenvalue weighted by molar-refractivity contribution is 0.333. The summed E-state index contributed by atoms with van der Waals surface area (Å²) in [5, 5.41) is 3.42. The monoisotopic (exact) mass is 234 g/mol. The Bertz CT molecular complexity index is 397. The molecular weight excluding hydrogens is 212 g/mol. The van der Waals surface area contributed by atoms with Crippen LogP contribution in [0.5, 0.6) is 0 Å². The van der Waals surface area contributed by atoms with Crippen molar-refractivity contribution in [2.45, 2.75) is 46.0 Å². The van der Waals surface area contributed by atoms with Gasteiger partial charge in [-0.25, -0.2) is 9.97 Å². The highest BCUT2D eigenvalue weighted by Crippen LogP contribution is 2.27. The number of anilines is 2. The average Bonchev–Trinajstić information content (AvgIpc) is 2.21. The van der Waals surface area contributed by atoms with Crippen molar-refractivity contribution in [3.8, 4) is 0 Å². The van der Waals surface area contributed by atoms with Crippen LogP contribution in [-0.4, -0.2) is 16.5 Å². The van der Waals surface area contributed by atoms with E-state index in [1.165, 1.54) is 19.3 Å². The van der Waals surface area contributed by atoms with Gasteiger partial charge in [0.15, 0.2) is 0 Å². The van der Waals surface area contributed by atoms with E-state index in [1.54, 1.807) is 0 Å². The molecule has 0 saturated heterocycles. The van der Waals surface area contributed by atoms with E-state index in [1.807, 2.05) is 6.92 Å². The number of hydrogen-bond donors (Lipinski definition) is 2. The summed E-state index contributed by atoms with van der Waals surface area (Å²) in [6.07, 6.45) is 4.04. The lowest BCUT2D eigenvalue weighted by atomic mass is 9.85. The number of rotatable bonds is 4. The molecule has 1 aliphatic carbocycles. The highest BCUT2D eigenvalue weighted by molar-refractivity contribution is 5.55. The normalized spacial score (nSPS) is 16.0. The molecule has 0 spiro atoms. The van der Waals surface area contributed by atoms with Gasteiger partial charge in [-0.05, 0) is 25.7 Å². The van der Waals surface area contributed by atoms with Crippen molar-refractivity contribution >= 4 is 11.6 Å². The zero-order chi connectivity index (χ0) is 12.4. The topological polar surface area (TPSA) is 63.8 Å². The number of nitrogens with one attached hydrogen (secondary N) is 1. The molecule has 0 aromatic carbocycles. The Hall–Kier alpha value is -1.32. The van der Waals surface area contributed by atoms with Crippen LogP contribution in [0, 0.1) is 12.8 Å². The molecule has 0 atom stereocenters. The first-order valence-corrected chi connectivity index (χ1v) is 6.45. The molecule has 1 aliphatic rings. The average molecular weight is 234 g/mol.